The third kappa shape index (κ3) is 7.63. The van der Waals surface area contributed by atoms with E-state index in [0.29, 0.717) is 36.0 Å². The van der Waals surface area contributed by atoms with E-state index < -0.39 is 0 Å². The van der Waals surface area contributed by atoms with Gasteiger partial charge in [0, 0.05) is 23.0 Å². The fraction of sp³-hybridized carbons (Fsp3) is 0.462. The third-order valence-electron chi connectivity index (χ3n) is 2.59. The summed E-state index contributed by atoms with van der Waals surface area (Å²) in [5, 5.41) is 4.07. The number of halogens is 3. The van der Waals surface area contributed by atoms with Gasteiger partial charge in [0.1, 0.15) is 0 Å². The SMILES string of the molecule is Cl.NCCCCNC(=O)CCc1ccc(Cl)cc1Cl. The van der Waals surface area contributed by atoms with Gasteiger partial charge in [-0.1, -0.05) is 29.3 Å². The third-order valence-corrected chi connectivity index (χ3v) is 3.18. The summed E-state index contributed by atoms with van der Waals surface area (Å²) in [6.45, 7) is 1.35. The van der Waals surface area contributed by atoms with E-state index in [9.17, 15) is 4.79 Å². The molecule has 0 radical (unpaired) electrons. The number of aryl methyl sites for hydroxylation is 1. The largest absolute Gasteiger partial charge is 0.356 e. The maximum Gasteiger partial charge on any atom is 0.220 e. The molecule has 0 saturated carbocycles. The van der Waals surface area contributed by atoms with Gasteiger partial charge in [-0.2, -0.15) is 0 Å². The fourth-order valence-corrected chi connectivity index (χ4v) is 2.06. The second-order valence-electron chi connectivity index (χ2n) is 4.08. The number of nitrogens with one attached hydrogen (secondary N) is 1. The minimum atomic E-state index is 0. The topological polar surface area (TPSA) is 55.1 Å². The van der Waals surface area contributed by atoms with Gasteiger partial charge in [0.15, 0.2) is 0 Å². The van der Waals surface area contributed by atoms with Crippen molar-refractivity contribution in [1.82, 2.24) is 5.32 Å². The minimum Gasteiger partial charge on any atom is -0.356 e. The lowest BCUT2D eigenvalue weighted by Gasteiger charge is -2.06. The number of amides is 1. The van der Waals surface area contributed by atoms with Crippen LogP contribution in [-0.2, 0) is 11.2 Å². The number of hydrogen-bond acceptors (Lipinski definition) is 2. The van der Waals surface area contributed by atoms with Crippen LogP contribution >= 0.6 is 35.6 Å². The minimum absolute atomic E-state index is 0. The molecule has 3 nitrogen and oxygen atoms in total. The monoisotopic (exact) mass is 324 g/mol. The van der Waals surface area contributed by atoms with E-state index in [-0.39, 0.29) is 18.3 Å². The Hall–Kier alpha value is -0.480. The van der Waals surface area contributed by atoms with E-state index in [1.54, 1.807) is 12.1 Å². The molecule has 0 aliphatic carbocycles. The van der Waals surface area contributed by atoms with Crippen molar-refractivity contribution in [2.75, 3.05) is 13.1 Å². The summed E-state index contributed by atoms with van der Waals surface area (Å²) in [4.78, 5) is 11.5. The van der Waals surface area contributed by atoms with E-state index in [1.165, 1.54) is 0 Å². The van der Waals surface area contributed by atoms with Crippen molar-refractivity contribution in [3.05, 3.63) is 33.8 Å². The van der Waals surface area contributed by atoms with Crippen LogP contribution in [0.3, 0.4) is 0 Å². The maximum absolute atomic E-state index is 11.5. The summed E-state index contributed by atoms with van der Waals surface area (Å²) >= 11 is 11.8. The Kier molecular flexibility index (Phi) is 10.1. The highest BCUT2D eigenvalue weighted by molar-refractivity contribution is 6.35. The number of carbonyl (C=O) groups is 1. The number of rotatable bonds is 7. The molecule has 1 amide bonds. The molecule has 1 rings (SSSR count). The fourth-order valence-electron chi connectivity index (χ4n) is 1.56. The van der Waals surface area contributed by atoms with Crippen LogP contribution in [0.2, 0.25) is 10.0 Å². The number of carbonyl (C=O) groups excluding carboxylic acids is 1. The predicted octanol–water partition coefficient (Wildman–Crippen LogP) is 3.20. The summed E-state index contributed by atoms with van der Waals surface area (Å²) in [5.74, 6) is 0.0399. The molecule has 6 heteroatoms. The molecular weight excluding hydrogens is 307 g/mol. The molecule has 0 unspecified atom stereocenters. The number of nitrogens with two attached hydrogens (primary N) is 1. The predicted molar refractivity (Wildman–Crippen MR) is 83.3 cm³/mol. The van der Waals surface area contributed by atoms with Gasteiger partial charge in [0.2, 0.25) is 5.91 Å². The van der Waals surface area contributed by atoms with E-state index in [0.717, 1.165) is 18.4 Å². The molecule has 1 aromatic carbocycles. The molecule has 0 heterocycles. The summed E-state index contributed by atoms with van der Waals surface area (Å²) in [6.07, 6.45) is 2.91. The van der Waals surface area contributed by atoms with Gasteiger partial charge >= 0.3 is 0 Å². The smallest absolute Gasteiger partial charge is 0.220 e. The number of benzene rings is 1. The Morgan fingerprint density at radius 1 is 1.26 bits per heavy atom. The normalized spacial score (nSPS) is 9.84. The van der Waals surface area contributed by atoms with Crippen LogP contribution in [0.25, 0.3) is 0 Å². The highest BCUT2D eigenvalue weighted by Gasteiger charge is 2.05. The Balaban J connectivity index is 0.00000324. The first-order valence-electron chi connectivity index (χ1n) is 6.04. The van der Waals surface area contributed by atoms with Crippen molar-refractivity contribution in [2.24, 2.45) is 5.73 Å². The molecule has 0 bridgehead atoms. The Morgan fingerprint density at radius 3 is 2.63 bits per heavy atom. The van der Waals surface area contributed by atoms with Gasteiger partial charge in [0.05, 0.1) is 0 Å². The van der Waals surface area contributed by atoms with Gasteiger partial charge in [-0.25, -0.2) is 0 Å². The molecule has 0 saturated heterocycles. The summed E-state index contributed by atoms with van der Waals surface area (Å²) in [5.41, 5.74) is 6.31. The summed E-state index contributed by atoms with van der Waals surface area (Å²) in [6, 6.07) is 5.33. The lowest BCUT2D eigenvalue weighted by atomic mass is 10.1. The molecule has 0 aromatic heterocycles. The van der Waals surface area contributed by atoms with Crippen LogP contribution in [0.5, 0.6) is 0 Å². The molecule has 108 valence electrons. The number of hydrogen-bond donors (Lipinski definition) is 2. The molecule has 0 aliphatic rings. The van der Waals surface area contributed by atoms with Crippen molar-refractivity contribution >= 4 is 41.5 Å². The zero-order valence-corrected chi connectivity index (χ0v) is 13.0. The molecule has 0 atom stereocenters. The van der Waals surface area contributed by atoms with Crippen molar-refractivity contribution in [3.63, 3.8) is 0 Å². The van der Waals surface area contributed by atoms with Crippen LogP contribution in [0.15, 0.2) is 18.2 Å². The Bertz CT molecular complexity index is 399. The molecular formula is C13H19Cl3N2O. The standard InChI is InChI=1S/C13H18Cl2N2O.ClH/c14-11-5-3-10(12(15)9-11)4-6-13(18)17-8-2-1-7-16;/h3,5,9H,1-2,4,6-8,16H2,(H,17,18);1H. The van der Waals surface area contributed by atoms with Crippen molar-refractivity contribution in [3.8, 4) is 0 Å². The van der Waals surface area contributed by atoms with Gasteiger partial charge in [-0.15, -0.1) is 12.4 Å². The Labute approximate surface area is 130 Å². The van der Waals surface area contributed by atoms with Crippen LogP contribution in [-0.4, -0.2) is 19.0 Å². The van der Waals surface area contributed by atoms with E-state index in [1.807, 2.05) is 6.07 Å². The molecule has 1 aromatic rings. The van der Waals surface area contributed by atoms with E-state index in [2.05, 4.69) is 5.32 Å². The summed E-state index contributed by atoms with van der Waals surface area (Å²) < 4.78 is 0. The second kappa shape index (κ2) is 10.3. The molecule has 0 aliphatic heterocycles. The zero-order valence-electron chi connectivity index (χ0n) is 10.6. The average molecular weight is 326 g/mol. The molecule has 0 fully saturated rings. The first-order valence-corrected chi connectivity index (χ1v) is 6.79. The highest BCUT2D eigenvalue weighted by Crippen LogP contribution is 2.21. The van der Waals surface area contributed by atoms with Crippen LogP contribution in [0.4, 0.5) is 0 Å². The number of unbranched alkanes of at least 4 members (excludes halogenated alkanes) is 1. The van der Waals surface area contributed by atoms with Crippen molar-refractivity contribution < 1.29 is 4.79 Å². The van der Waals surface area contributed by atoms with Gasteiger partial charge in [-0.05, 0) is 43.5 Å². The van der Waals surface area contributed by atoms with Crippen LogP contribution in [0.1, 0.15) is 24.8 Å². The Morgan fingerprint density at radius 2 is 2.00 bits per heavy atom. The molecule has 3 N–H and O–H groups in total. The summed E-state index contributed by atoms with van der Waals surface area (Å²) in [7, 11) is 0. The van der Waals surface area contributed by atoms with E-state index >= 15 is 0 Å². The first kappa shape index (κ1) is 18.5. The van der Waals surface area contributed by atoms with Gasteiger partial charge in [0.25, 0.3) is 0 Å². The zero-order chi connectivity index (χ0) is 13.4. The average Bonchev–Trinajstić information content (AvgIpc) is 2.33. The lowest BCUT2D eigenvalue weighted by Crippen LogP contribution is -2.25. The van der Waals surface area contributed by atoms with E-state index in [4.69, 9.17) is 28.9 Å². The van der Waals surface area contributed by atoms with Crippen molar-refractivity contribution in [1.29, 1.82) is 0 Å². The second-order valence-corrected chi connectivity index (χ2v) is 4.93. The van der Waals surface area contributed by atoms with Gasteiger partial charge in [-0.3, -0.25) is 4.79 Å². The van der Waals surface area contributed by atoms with Crippen molar-refractivity contribution in [2.45, 2.75) is 25.7 Å². The highest BCUT2D eigenvalue weighted by atomic mass is 35.5. The quantitative estimate of drug-likeness (QED) is 0.756. The van der Waals surface area contributed by atoms with Gasteiger partial charge < -0.3 is 11.1 Å². The van der Waals surface area contributed by atoms with Crippen LogP contribution in [0, 0.1) is 0 Å². The lowest BCUT2D eigenvalue weighted by molar-refractivity contribution is -0.121. The first-order chi connectivity index (χ1) is 8.63. The molecule has 19 heavy (non-hydrogen) atoms. The molecule has 0 spiro atoms. The maximum atomic E-state index is 11.5. The van der Waals surface area contributed by atoms with Crippen LogP contribution < -0.4 is 11.1 Å².